The molecule has 1 aliphatic heterocycles. The number of carboxylic acid groups (broad SMARTS) is 1. The van der Waals surface area contributed by atoms with Crippen molar-refractivity contribution in [3.05, 3.63) is 0 Å². The second-order valence-corrected chi connectivity index (χ2v) is 7.89. The summed E-state index contributed by atoms with van der Waals surface area (Å²) in [4.78, 5) is 24.6. The number of hydrogen-bond acceptors (Lipinski definition) is 4. The maximum Gasteiger partial charge on any atom is 0.317 e. The minimum Gasteiger partial charge on any atom is -0.481 e. The van der Waals surface area contributed by atoms with Gasteiger partial charge in [-0.1, -0.05) is 6.42 Å². The van der Waals surface area contributed by atoms with Gasteiger partial charge in [-0.3, -0.25) is 4.79 Å². The van der Waals surface area contributed by atoms with Gasteiger partial charge in [0.1, 0.15) is 0 Å². The maximum absolute atomic E-state index is 12.0. The predicted molar refractivity (Wildman–Crippen MR) is 72.2 cm³/mol. The number of nitrogens with one attached hydrogen (secondary N) is 1. The Balaban J connectivity index is 1.87. The summed E-state index contributed by atoms with van der Waals surface area (Å²) in [5, 5.41) is 11.8. The van der Waals surface area contributed by atoms with Crippen molar-refractivity contribution >= 4 is 21.8 Å². The summed E-state index contributed by atoms with van der Waals surface area (Å²) in [6.45, 7) is 0.684. The minimum absolute atomic E-state index is 0.0233. The summed E-state index contributed by atoms with van der Waals surface area (Å²) in [6, 6.07) is -0.366. The second kappa shape index (κ2) is 5.59. The molecule has 7 nitrogen and oxygen atoms in total. The van der Waals surface area contributed by atoms with Gasteiger partial charge in [-0.05, 0) is 19.3 Å². The summed E-state index contributed by atoms with van der Waals surface area (Å²) in [5.74, 6) is -0.789. The van der Waals surface area contributed by atoms with E-state index in [9.17, 15) is 23.1 Å². The van der Waals surface area contributed by atoms with E-state index in [2.05, 4.69) is 5.32 Å². The summed E-state index contributed by atoms with van der Waals surface area (Å²) in [6.07, 6.45) is 2.46. The summed E-state index contributed by atoms with van der Waals surface area (Å²) in [5.41, 5.74) is -0.826. The molecule has 8 heteroatoms. The van der Waals surface area contributed by atoms with E-state index in [4.69, 9.17) is 0 Å². The molecule has 0 radical (unpaired) electrons. The fourth-order valence-corrected chi connectivity index (χ4v) is 3.84. The SMILES string of the molecule is O=C(NCC1(C(=O)O)CCC1)N1CCCS(=O)(=O)CC1. The van der Waals surface area contributed by atoms with Crippen LogP contribution in [0.2, 0.25) is 0 Å². The number of carboxylic acids is 1. The van der Waals surface area contributed by atoms with E-state index in [0.717, 1.165) is 6.42 Å². The molecule has 2 fully saturated rings. The Morgan fingerprint density at radius 1 is 1.15 bits per heavy atom. The highest BCUT2D eigenvalue weighted by molar-refractivity contribution is 7.91. The molecule has 1 heterocycles. The zero-order valence-electron chi connectivity index (χ0n) is 11.3. The number of carbonyl (C=O) groups is 2. The van der Waals surface area contributed by atoms with Crippen LogP contribution >= 0.6 is 0 Å². The molecule has 1 saturated heterocycles. The molecule has 1 aliphatic carbocycles. The van der Waals surface area contributed by atoms with Gasteiger partial charge in [0, 0.05) is 19.6 Å². The zero-order valence-corrected chi connectivity index (χ0v) is 12.1. The van der Waals surface area contributed by atoms with Crippen molar-refractivity contribution in [3.8, 4) is 0 Å². The molecule has 2 N–H and O–H groups in total. The first-order chi connectivity index (χ1) is 9.35. The van der Waals surface area contributed by atoms with Crippen LogP contribution in [0.5, 0.6) is 0 Å². The van der Waals surface area contributed by atoms with Crippen molar-refractivity contribution in [2.24, 2.45) is 5.41 Å². The molecule has 0 bridgehead atoms. The third kappa shape index (κ3) is 3.23. The lowest BCUT2D eigenvalue weighted by molar-refractivity contribution is -0.153. The molecular weight excluding hydrogens is 284 g/mol. The molecule has 0 aromatic rings. The van der Waals surface area contributed by atoms with Crippen LogP contribution in [0, 0.1) is 5.41 Å². The topological polar surface area (TPSA) is 104 Å². The van der Waals surface area contributed by atoms with Crippen LogP contribution in [0.25, 0.3) is 0 Å². The number of nitrogens with zero attached hydrogens (tertiary/aromatic N) is 1. The van der Waals surface area contributed by atoms with Gasteiger partial charge in [-0.15, -0.1) is 0 Å². The number of urea groups is 1. The Hall–Kier alpha value is -1.31. The van der Waals surface area contributed by atoms with Crippen LogP contribution in [0.3, 0.4) is 0 Å². The van der Waals surface area contributed by atoms with Gasteiger partial charge in [0.2, 0.25) is 0 Å². The molecular formula is C12H20N2O5S. The molecule has 114 valence electrons. The number of amides is 2. The standard InChI is InChI=1S/C12H20N2O5S/c15-10(16)12(3-1-4-12)9-13-11(17)14-5-2-7-20(18,19)8-6-14/h1-9H2,(H,13,17)(H,15,16). The van der Waals surface area contributed by atoms with Gasteiger partial charge in [0.05, 0.1) is 16.9 Å². The molecule has 20 heavy (non-hydrogen) atoms. The number of carbonyl (C=O) groups excluding carboxylic acids is 1. The molecule has 0 spiro atoms. The van der Waals surface area contributed by atoms with Crippen LogP contribution in [0.4, 0.5) is 4.79 Å². The largest absolute Gasteiger partial charge is 0.481 e. The van der Waals surface area contributed by atoms with Crippen LogP contribution < -0.4 is 5.32 Å². The van der Waals surface area contributed by atoms with Crippen LogP contribution in [0.15, 0.2) is 0 Å². The van der Waals surface area contributed by atoms with Crippen molar-refractivity contribution in [3.63, 3.8) is 0 Å². The second-order valence-electron chi connectivity index (χ2n) is 5.59. The van der Waals surface area contributed by atoms with E-state index in [1.807, 2.05) is 0 Å². The first-order valence-corrected chi connectivity index (χ1v) is 8.63. The van der Waals surface area contributed by atoms with Crippen molar-refractivity contribution in [2.45, 2.75) is 25.7 Å². The van der Waals surface area contributed by atoms with E-state index >= 15 is 0 Å². The normalized spacial score (nSPS) is 24.3. The van der Waals surface area contributed by atoms with E-state index < -0.39 is 21.2 Å². The molecule has 2 amide bonds. The van der Waals surface area contributed by atoms with Crippen molar-refractivity contribution in [1.29, 1.82) is 0 Å². The fourth-order valence-electron chi connectivity index (χ4n) is 2.57. The highest BCUT2D eigenvalue weighted by Gasteiger charge is 2.44. The Morgan fingerprint density at radius 3 is 2.40 bits per heavy atom. The van der Waals surface area contributed by atoms with E-state index in [1.54, 1.807) is 0 Å². The third-order valence-corrected chi connectivity index (χ3v) is 5.90. The Kier molecular flexibility index (Phi) is 4.22. The van der Waals surface area contributed by atoms with Gasteiger partial charge in [-0.25, -0.2) is 13.2 Å². The average molecular weight is 304 g/mol. The monoisotopic (exact) mass is 304 g/mol. The van der Waals surface area contributed by atoms with Gasteiger partial charge >= 0.3 is 12.0 Å². The lowest BCUT2D eigenvalue weighted by Gasteiger charge is -2.38. The first kappa shape index (κ1) is 15.1. The predicted octanol–water partition coefficient (Wildman–Crippen LogP) is 0.0714. The minimum atomic E-state index is -3.05. The van der Waals surface area contributed by atoms with Crippen molar-refractivity contribution in [1.82, 2.24) is 10.2 Å². The molecule has 0 atom stereocenters. The van der Waals surface area contributed by atoms with Crippen molar-refractivity contribution in [2.75, 3.05) is 31.1 Å². The van der Waals surface area contributed by atoms with Crippen molar-refractivity contribution < 1.29 is 23.1 Å². The molecule has 1 saturated carbocycles. The average Bonchev–Trinajstić information content (AvgIpc) is 2.48. The quantitative estimate of drug-likeness (QED) is 0.768. The van der Waals surface area contributed by atoms with E-state index in [0.29, 0.717) is 25.8 Å². The highest BCUT2D eigenvalue weighted by Crippen LogP contribution is 2.40. The van der Waals surface area contributed by atoms with E-state index in [-0.39, 0.29) is 30.6 Å². The van der Waals surface area contributed by atoms with E-state index in [1.165, 1.54) is 4.90 Å². The maximum atomic E-state index is 12.0. The van der Waals surface area contributed by atoms with Crippen LogP contribution in [0.1, 0.15) is 25.7 Å². The number of sulfone groups is 1. The number of aliphatic carboxylic acids is 1. The highest BCUT2D eigenvalue weighted by atomic mass is 32.2. The summed E-state index contributed by atoms with van der Waals surface area (Å²) < 4.78 is 22.9. The zero-order chi connectivity index (χ0) is 14.8. The van der Waals surface area contributed by atoms with Crippen LogP contribution in [-0.2, 0) is 14.6 Å². The molecule has 0 unspecified atom stereocenters. The number of rotatable bonds is 3. The Morgan fingerprint density at radius 2 is 1.85 bits per heavy atom. The third-order valence-electron chi connectivity index (χ3n) is 4.19. The molecule has 0 aromatic heterocycles. The van der Waals surface area contributed by atoms with Gasteiger partial charge in [0.25, 0.3) is 0 Å². The smallest absolute Gasteiger partial charge is 0.317 e. The molecule has 0 aromatic carbocycles. The lowest BCUT2D eigenvalue weighted by atomic mass is 9.69. The van der Waals surface area contributed by atoms with Gasteiger partial charge in [-0.2, -0.15) is 0 Å². The van der Waals surface area contributed by atoms with Gasteiger partial charge < -0.3 is 15.3 Å². The van der Waals surface area contributed by atoms with Gasteiger partial charge in [0.15, 0.2) is 9.84 Å². The Labute approximate surface area is 118 Å². The fraction of sp³-hybridized carbons (Fsp3) is 0.833. The number of hydrogen-bond donors (Lipinski definition) is 2. The Bertz CT molecular complexity index is 498. The van der Waals surface area contributed by atoms with Crippen LogP contribution in [-0.4, -0.2) is 61.6 Å². The molecule has 2 rings (SSSR count). The first-order valence-electron chi connectivity index (χ1n) is 6.81. The molecule has 2 aliphatic rings. The summed E-state index contributed by atoms with van der Waals surface area (Å²) >= 11 is 0. The summed E-state index contributed by atoms with van der Waals surface area (Å²) in [7, 11) is -3.05. The lowest BCUT2D eigenvalue weighted by Crippen LogP contribution is -2.51.